The third kappa shape index (κ3) is 4.18. The summed E-state index contributed by atoms with van der Waals surface area (Å²) < 4.78 is 6.52. The van der Waals surface area contributed by atoms with Crippen LogP contribution in [0.5, 0.6) is 5.75 Å². The quantitative estimate of drug-likeness (QED) is 0.660. The van der Waals surface area contributed by atoms with E-state index in [2.05, 4.69) is 20.2 Å². The number of amides is 3. The number of nitrogens with zero attached hydrogens (tertiary/aromatic N) is 4. The minimum absolute atomic E-state index is 0.109. The van der Waals surface area contributed by atoms with Crippen LogP contribution in [0.15, 0.2) is 36.9 Å². The number of fused-ring (bicyclic) bond motifs is 1. The molecule has 1 aliphatic carbocycles. The van der Waals surface area contributed by atoms with Crippen LogP contribution in [0.25, 0.3) is 0 Å². The number of likely N-dealkylation sites (tertiary alicyclic amines) is 1. The number of carbonyl (C=O) groups excluding carboxylic acids is 3. The van der Waals surface area contributed by atoms with E-state index in [1.165, 1.54) is 12.0 Å². The fraction of sp³-hybridized carbons (Fsp3) is 0.500. The molecule has 1 saturated carbocycles. The number of nitrogens with one attached hydrogen (secondary N) is 1. The van der Waals surface area contributed by atoms with Crippen LogP contribution in [0.1, 0.15) is 65.9 Å². The first-order valence-corrected chi connectivity index (χ1v) is 12.5. The summed E-state index contributed by atoms with van der Waals surface area (Å²) in [6.07, 6.45) is 10.6. The monoisotopic (exact) mass is 475 g/mol. The highest BCUT2D eigenvalue weighted by atomic mass is 16.5. The standard InChI is InChI=1S/C26H29N5O4/c32-24-8-7-22(25(33)29-24)31-14-16-9-19(5-6-20(16)26(31)34)35-23-4-2-1-3-21(23)30-12-18(13-30)17-10-27-15-28-11-17/h5-6,9-11,15,18,21-23H,1-4,7-8,12-14H2,(H,29,32,33)/t21-,22?,23+/m0/s1. The van der Waals surface area contributed by atoms with Crippen molar-refractivity contribution in [2.75, 3.05) is 13.1 Å². The molecule has 3 amide bonds. The van der Waals surface area contributed by atoms with Gasteiger partial charge in [0.1, 0.15) is 24.2 Å². The van der Waals surface area contributed by atoms with Gasteiger partial charge in [0.05, 0.1) is 0 Å². The third-order valence-electron chi connectivity index (χ3n) is 7.88. The van der Waals surface area contributed by atoms with Crippen molar-refractivity contribution in [1.29, 1.82) is 0 Å². The molecule has 2 aromatic rings. The Morgan fingerprint density at radius 3 is 2.60 bits per heavy atom. The van der Waals surface area contributed by atoms with Gasteiger partial charge in [0.25, 0.3) is 5.91 Å². The minimum Gasteiger partial charge on any atom is -0.489 e. The Morgan fingerprint density at radius 1 is 1.00 bits per heavy atom. The molecule has 0 spiro atoms. The van der Waals surface area contributed by atoms with E-state index in [9.17, 15) is 14.4 Å². The van der Waals surface area contributed by atoms with E-state index in [1.54, 1.807) is 11.2 Å². The predicted molar refractivity (Wildman–Crippen MR) is 126 cm³/mol. The van der Waals surface area contributed by atoms with Crippen LogP contribution in [-0.4, -0.2) is 68.8 Å². The third-order valence-corrected chi connectivity index (χ3v) is 7.88. The van der Waals surface area contributed by atoms with Gasteiger partial charge < -0.3 is 9.64 Å². The number of aromatic nitrogens is 2. The number of imide groups is 1. The van der Waals surface area contributed by atoms with E-state index >= 15 is 0 Å². The number of hydrogen-bond acceptors (Lipinski definition) is 7. The van der Waals surface area contributed by atoms with Crippen molar-refractivity contribution < 1.29 is 19.1 Å². The van der Waals surface area contributed by atoms with Crippen molar-refractivity contribution in [3.63, 3.8) is 0 Å². The largest absolute Gasteiger partial charge is 0.489 e. The summed E-state index contributed by atoms with van der Waals surface area (Å²) in [5.41, 5.74) is 2.68. The summed E-state index contributed by atoms with van der Waals surface area (Å²) >= 11 is 0. The summed E-state index contributed by atoms with van der Waals surface area (Å²) in [7, 11) is 0. The highest BCUT2D eigenvalue weighted by Crippen LogP contribution is 2.36. The molecule has 3 atom stereocenters. The Hall–Kier alpha value is -3.33. The lowest BCUT2D eigenvalue weighted by Gasteiger charge is -2.48. The fourth-order valence-electron chi connectivity index (χ4n) is 5.95. The zero-order valence-corrected chi connectivity index (χ0v) is 19.6. The van der Waals surface area contributed by atoms with Crippen molar-refractivity contribution >= 4 is 17.7 Å². The predicted octanol–water partition coefficient (Wildman–Crippen LogP) is 2.03. The summed E-state index contributed by atoms with van der Waals surface area (Å²) in [4.78, 5) is 49.2. The second-order valence-electron chi connectivity index (χ2n) is 10.0. The molecular weight excluding hydrogens is 446 g/mol. The smallest absolute Gasteiger partial charge is 0.255 e. The molecule has 1 N–H and O–H groups in total. The van der Waals surface area contributed by atoms with E-state index in [-0.39, 0.29) is 30.2 Å². The maximum absolute atomic E-state index is 13.0. The Kier molecular flexibility index (Phi) is 5.72. The normalized spacial score (nSPS) is 27.4. The molecule has 2 saturated heterocycles. The van der Waals surface area contributed by atoms with E-state index in [1.807, 2.05) is 30.6 Å². The minimum atomic E-state index is -0.603. The van der Waals surface area contributed by atoms with Crippen LogP contribution in [-0.2, 0) is 16.1 Å². The second-order valence-corrected chi connectivity index (χ2v) is 10.0. The zero-order chi connectivity index (χ0) is 23.9. The molecule has 35 heavy (non-hydrogen) atoms. The molecule has 182 valence electrons. The van der Waals surface area contributed by atoms with Crippen molar-refractivity contribution in [2.24, 2.45) is 0 Å². The number of benzene rings is 1. The molecule has 1 aromatic carbocycles. The summed E-state index contributed by atoms with van der Waals surface area (Å²) in [6.45, 7) is 2.35. The molecule has 6 rings (SSSR count). The van der Waals surface area contributed by atoms with E-state index in [0.29, 0.717) is 30.5 Å². The van der Waals surface area contributed by atoms with Gasteiger partial charge in [0.15, 0.2) is 0 Å². The maximum atomic E-state index is 13.0. The number of rotatable bonds is 5. The average Bonchev–Trinajstić information content (AvgIpc) is 3.15. The first kappa shape index (κ1) is 22.2. The van der Waals surface area contributed by atoms with Gasteiger partial charge in [-0.2, -0.15) is 0 Å². The number of ether oxygens (including phenoxy) is 1. The van der Waals surface area contributed by atoms with Crippen LogP contribution in [0.2, 0.25) is 0 Å². The van der Waals surface area contributed by atoms with Gasteiger partial charge in [-0.05, 0) is 55.0 Å². The van der Waals surface area contributed by atoms with E-state index in [0.717, 1.165) is 43.7 Å². The van der Waals surface area contributed by atoms with Crippen LogP contribution in [0.4, 0.5) is 0 Å². The Labute approximate surface area is 203 Å². The summed E-state index contributed by atoms with van der Waals surface area (Å²) in [5, 5.41) is 2.35. The summed E-state index contributed by atoms with van der Waals surface area (Å²) in [5.74, 6) is 0.417. The number of hydrogen-bond donors (Lipinski definition) is 1. The molecule has 0 bridgehead atoms. The van der Waals surface area contributed by atoms with Gasteiger partial charge in [-0.15, -0.1) is 0 Å². The topological polar surface area (TPSA) is 105 Å². The Morgan fingerprint density at radius 2 is 1.80 bits per heavy atom. The van der Waals surface area contributed by atoms with Crippen molar-refractivity contribution in [1.82, 2.24) is 25.1 Å². The first-order chi connectivity index (χ1) is 17.1. The lowest BCUT2D eigenvalue weighted by Crippen LogP contribution is -2.57. The van der Waals surface area contributed by atoms with Crippen LogP contribution in [0.3, 0.4) is 0 Å². The zero-order valence-electron chi connectivity index (χ0n) is 19.6. The van der Waals surface area contributed by atoms with Gasteiger partial charge in [-0.25, -0.2) is 9.97 Å². The van der Waals surface area contributed by atoms with Crippen LogP contribution < -0.4 is 10.1 Å². The molecule has 9 nitrogen and oxygen atoms in total. The molecular formula is C26H29N5O4. The molecule has 4 heterocycles. The SMILES string of the molecule is O=C1CCC(N2Cc3cc(O[C@@H]4CCCC[C@@H]4N4CC(c5cncnc5)C4)ccc3C2=O)C(=O)N1. The average molecular weight is 476 g/mol. The van der Waals surface area contributed by atoms with Gasteiger partial charge >= 0.3 is 0 Å². The lowest BCUT2D eigenvalue weighted by atomic mass is 9.85. The second kappa shape index (κ2) is 9.03. The van der Waals surface area contributed by atoms with Crippen LogP contribution >= 0.6 is 0 Å². The molecule has 1 unspecified atom stereocenters. The Bertz CT molecular complexity index is 1150. The first-order valence-electron chi connectivity index (χ1n) is 12.5. The van der Waals surface area contributed by atoms with E-state index in [4.69, 9.17) is 4.74 Å². The molecule has 1 aromatic heterocycles. The van der Waals surface area contributed by atoms with Crippen molar-refractivity contribution in [3.05, 3.63) is 53.6 Å². The van der Waals surface area contributed by atoms with Gasteiger partial charge in [0, 0.05) is 56.0 Å². The summed E-state index contributed by atoms with van der Waals surface area (Å²) in [6, 6.07) is 5.40. The number of piperidine rings is 1. The highest BCUT2D eigenvalue weighted by Gasteiger charge is 2.41. The molecule has 3 fully saturated rings. The molecule has 0 radical (unpaired) electrons. The molecule has 3 aliphatic heterocycles. The Balaban J connectivity index is 1.12. The van der Waals surface area contributed by atoms with Crippen molar-refractivity contribution in [2.45, 2.75) is 69.2 Å². The van der Waals surface area contributed by atoms with Gasteiger partial charge in [-0.3, -0.25) is 24.6 Å². The molecule has 4 aliphatic rings. The maximum Gasteiger partial charge on any atom is 0.255 e. The van der Waals surface area contributed by atoms with Gasteiger partial charge in [0.2, 0.25) is 11.8 Å². The van der Waals surface area contributed by atoms with Gasteiger partial charge in [-0.1, -0.05) is 6.42 Å². The number of carbonyl (C=O) groups is 3. The van der Waals surface area contributed by atoms with Crippen LogP contribution in [0, 0.1) is 0 Å². The van der Waals surface area contributed by atoms with Crippen molar-refractivity contribution in [3.8, 4) is 5.75 Å². The lowest BCUT2D eigenvalue weighted by molar-refractivity contribution is -0.136. The van der Waals surface area contributed by atoms with E-state index < -0.39 is 6.04 Å². The highest BCUT2D eigenvalue weighted by molar-refractivity contribution is 6.05. The molecule has 9 heteroatoms. The fourth-order valence-corrected chi connectivity index (χ4v) is 5.95.